The predicted octanol–water partition coefficient (Wildman–Crippen LogP) is 2.87. The van der Waals surface area contributed by atoms with Gasteiger partial charge in [-0.1, -0.05) is 30.3 Å². The minimum atomic E-state index is -3.57. The lowest BCUT2D eigenvalue weighted by molar-refractivity contribution is 0.584. The largest absolute Gasteiger partial charge is 0.387 e. The molecule has 1 N–H and O–H groups in total. The average Bonchev–Trinajstić information content (AvgIpc) is 2.83. The number of anilines is 2. The zero-order valence-electron chi connectivity index (χ0n) is 12.1. The molecular formula is C16H18N2O2S. The van der Waals surface area contributed by atoms with Crippen molar-refractivity contribution in [3.05, 3.63) is 54.1 Å². The molecule has 0 bridgehead atoms. The van der Waals surface area contributed by atoms with Crippen LogP contribution < -0.4 is 9.62 Å². The van der Waals surface area contributed by atoms with Crippen LogP contribution in [0.25, 0.3) is 0 Å². The molecule has 1 aliphatic rings. The van der Waals surface area contributed by atoms with E-state index < -0.39 is 10.0 Å². The van der Waals surface area contributed by atoms with Crippen molar-refractivity contribution in [3.8, 4) is 0 Å². The van der Waals surface area contributed by atoms with E-state index in [4.69, 9.17) is 0 Å². The second-order valence-corrected chi connectivity index (χ2v) is 7.01. The van der Waals surface area contributed by atoms with Crippen molar-refractivity contribution < 1.29 is 8.42 Å². The zero-order chi connectivity index (χ0) is 15.0. The van der Waals surface area contributed by atoms with Crippen molar-refractivity contribution in [2.24, 2.45) is 0 Å². The van der Waals surface area contributed by atoms with Crippen LogP contribution in [0.3, 0.4) is 0 Å². The maximum atomic E-state index is 13.1. The fraction of sp³-hybridized carbons (Fsp3) is 0.250. The summed E-state index contributed by atoms with van der Waals surface area (Å²) < 4.78 is 27.7. The third kappa shape index (κ3) is 2.17. The maximum Gasteiger partial charge on any atom is 0.266 e. The van der Waals surface area contributed by atoms with Crippen LogP contribution in [0, 0.1) is 0 Å². The average molecular weight is 302 g/mol. The molecule has 0 saturated heterocycles. The second-order valence-electron chi connectivity index (χ2n) is 5.23. The molecular weight excluding hydrogens is 284 g/mol. The topological polar surface area (TPSA) is 49.4 Å². The molecule has 0 radical (unpaired) electrons. The van der Waals surface area contributed by atoms with E-state index in [2.05, 4.69) is 5.32 Å². The monoisotopic (exact) mass is 302 g/mol. The summed E-state index contributed by atoms with van der Waals surface area (Å²) >= 11 is 0. The summed E-state index contributed by atoms with van der Waals surface area (Å²) in [6, 6.07) is 14.6. The molecule has 0 aromatic heterocycles. The van der Waals surface area contributed by atoms with E-state index in [-0.39, 0.29) is 6.04 Å². The van der Waals surface area contributed by atoms with E-state index in [0.29, 0.717) is 10.6 Å². The highest BCUT2D eigenvalue weighted by atomic mass is 32.2. The third-order valence-electron chi connectivity index (χ3n) is 3.84. The summed E-state index contributed by atoms with van der Waals surface area (Å²) in [4.78, 5) is 0.316. The lowest BCUT2D eigenvalue weighted by atomic mass is 10.1. The van der Waals surface area contributed by atoms with E-state index in [1.165, 1.54) is 0 Å². The molecule has 3 rings (SSSR count). The Morgan fingerprint density at radius 1 is 1.10 bits per heavy atom. The summed E-state index contributed by atoms with van der Waals surface area (Å²) in [5, 5.41) is 2.96. The molecule has 0 amide bonds. The Morgan fingerprint density at radius 2 is 1.76 bits per heavy atom. The third-order valence-corrected chi connectivity index (χ3v) is 5.82. The lowest BCUT2D eigenvalue weighted by Crippen LogP contribution is -2.36. The molecule has 1 aliphatic heterocycles. The van der Waals surface area contributed by atoms with Gasteiger partial charge in [0.15, 0.2) is 0 Å². The first-order valence-electron chi connectivity index (χ1n) is 6.95. The Kier molecular flexibility index (Phi) is 3.37. The molecule has 2 aromatic rings. The summed E-state index contributed by atoms with van der Waals surface area (Å²) in [7, 11) is -1.84. The van der Waals surface area contributed by atoms with Crippen molar-refractivity contribution in [1.29, 1.82) is 0 Å². The Bertz CT molecular complexity index is 771. The number of nitrogens with one attached hydrogen (secondary N) is 1. The van der Waals surface area contributed by atoms with E-state index >= 15 is 0 Å². The van der Waals surface area contributed by atoms with Crippen molar-refractivity contribution in [2.75, 3.05) is 16.7 Å². The highest BCUT2D eigenvalue weighted by molar-refractivity contribution is 7.93. The van der Waals surface area contributed by atoms with Gasteiger partial charge in [-0.3, -0.25) is 4.31 Å². The Morgan fingerprint density at radius 3 is 2.52 bits per heavy atom. The first kappa shape index (κ1) is 13.9. The SMILES string of the molecule is CNc1ccccc1S(=O)(=O)N1c2ccccc2CC1C. The fourth-order valence-electron chi connectivity index (χ4n) is 2.91. The highest BCUT2D eigenvalue weighted by Crippen LogP contribution is 2.37. The molecule has 4 nitrogen and oxygen atoms in total. The van der Waals surface area contributed by atoms with Crippen LogP contribution in [-0.4, -0.2) is 21.5 Å². The van der Waals surface area contributed by atoms with E-state index in [9.17, 15) is 8.42 Å². The molecule has 0 fully saturated rings. The van der Waals surface area contributed by atoms with Gasteiger partial charge in [-0.2, -0.15) is 0 Å². The predicted molar refractivity (Wildman–Crippen MR) is 85.3 cm³/mol. The van der Waals surface area contributed by atoms with Crippen LogP contribution in [0.5, 0.6) is 0 Å². The number of hydrogen-bond acceptors (Lipinski definition) is 3. The number of para-hydroxylation sites is 2. The normalized spacial score (nSPS) is 17.6. The first-order chi connectivity index (χ1) is 10.1. The number of benzene rings is 2. The van der Waals surface area contributed by atoms with Gasteiger partial charge in [-0.25, -0.2) is 8.42 Å². The van der Waals surface area contributed by atoms with Gasteiger partial charge in [-0.05, 0) is 37.1 Å². The molecule has 1 unspecified atom stereocenters. The maximum absolute atomic E-state index is 13.1. The number of rotatable bonds is 3. The fourth-order valence-corrected chi connectivity index (χ4v) is 4.80. The van der Waals surface area contributed by atoms with Crippen molar-refractivity contribution >= 4 is 21.4 Å². The number of fused-ring (bicyclic) bond motifs is 1. The van der Waals surface area contributed by atoms with E-state index in [1.807, 2.05) is 37.3 Å². The minimum absolute atomic E-state index is 0.0719. The number of hydrogen-bond donors (Lipinski definition) is 1. The summed E-state index contributed by atoms with van der Waals surface area (Å²) in [6.07, 6.45) is 0.747. The van der Waals surface area contributed by atoms with Gasteiger partial charge in [0.1, 0.15) is 4.90 Å². The number of nitrogens with zero attached hydrogens (tertiary/aromatic N) is 1. The standard InChI is InChI=1S/C16H18N2O2S/c1-12-11-13-7-3-5-9-15(13)18(12)21(19,20)16-10-6-4-8-14(16)17-2/h3-10,12,17H,11H2,1-2H3. The minimum Gasteiger partial charge on any atom is -0.387 e. The van der Waals surface area contributed by atoms with E-state index in [1.54, 1.807) is 29.6 Å². The summed E-state index contributed by atoms with van der Waals surface area (Å²) in [5.74, 6) is 0. The van der Waals surface area contributed by atoms with Gasteiger partial charge in [0, 0.05) is 13.1 Å². The van der Waals surface area contributed by atoms with Crippen LogP contribution in [-0.2, 0) is 16.4 Å². The van der Waals surface area contributed by atoms with Crippen LogP contribution >= 0.6 is 0 Å². The van der Waals surface area contributed by atoms with Crippen molar-refractivity contribution in [1.82, 2.24) is 0 Å². The lowest BCUT2D eigenvalue weighted by Gasteiger charge is -2.25. The molecule has 2 aromatic carbocycles. The summed E-state index contributed by atoms with van der Waals surface area (Å²) in [6.45, 7) is 1.94. The Labute approximate surface area is 125 Å². The molecule has 0 aliphatic carbocycles. The molecule has 110 valence electrons. The molecule has 0 spiro atoms. The Hall–Kier alpha value is -2.01. The Balaban J connectivity index is 2.15. The van der Waals surface area contributed by atoms with Crippen molar-refractivity contribution in [3.63, 3.8) is 0 Å². The zero-order valence-corrected chi connectivity index (χ0v) is 12.9. The molecule has 21 heavy (non-hydrogen) atoms. The van der Waals surface area contributed by atoms with Gasteiger partial charge >= 0.3 is 0 Å². The highest BCUT2D eigenvalue weighted by Gasteiger charge is 2.36. The van der Waals surface area contributed by atoms with Crippen molar-refractivity contribution in [2.45, 2.75) is 24.3 Å². The van der Waals surface area contributed by atoms with E-state index in [0.717, 1.165) is 17.7 Å². The smallest absolute Gasteiger partial charge is 0.266 e. The van der Waals surface area contributed by atoms with Gasteiger partial charge in [0.2, 0.25) is 0 Å². The van der Waals surface area contributed by atoms with Crippen LogP contribution in [0.4, 0.5) is 11.4 Å². The molecule has 1 atom stereocenters. The van der Waals surface area contributed by atoms with Crippen LogP contribution in [0.2, 0.25) is 0 Å². The van der Waals surface area contributed by atoms with Crippen LogP contribution in [0.15, 0.2) is 53.4 Å². The number of sulfonamides is 1. The van der Waals surface area contributed by atoms with Gasteiger partial charge in [0.05, 0.1) is 11.4 Å². The quantitative estimate of drug-likeness (QED) is 0.948. The first-order valence-corrected chi connectivity index (χ1v) is 8.39. The van der Waals surface area contributed by atoms with Crippen LogP contribution in [0.1, 0.15) is 12.5 Å². The van der Waals surface area contributed by atoms with Gasteiger partial charge in [0.25, 0.3) is 10.0 Å². The molecule has 0 saturated carbocycles. The van der Waals surface area contributed by atoms with Gasteiger partial charge in [-0.15, -0.1) is 0 Å². The molecule has 1 heterocycles. The summed E-state index contributed by atoms with van der Waals surface area (Å²) in [5.41, 5.74) is 2.49. The van der Waals surface area contributed by atoms with Gasteiger partial charge < -0.3 is 5.32 Å². The second kappa shape index (κ2) is 5.07. The molecule has 5 heteroatoms.